The van der Waals surface area contributed by atoms with Crippen molar-refractivity contribution in [1.29, 1.82) is 0 Å². The molecule has 0 bridgehead atoms. The number of hydrogen-bond acceptors (Lipinski definition) is 8. The van der Waals surface area contributed by atoms with Crippen LogP contribution in [0.25, 0.3) is 22.8 Å². The van der Waals surface area contributed by atoms with Crippen molar-refractivity contribution < 1.29 is 19.4 Å². The number of rotatable bonds is 4. The number of carbonyl (C=O) groups is 2. The first kappa shape index (κ1) is 22.0. The number of likely N-dealkylation sites (tertiary alicyclic amines) is 1. The number of nitrogens with zero attached hydrogens (tertiary/aromatic N) is 5. The average molecular weight is 443 g/mol. The largest absolute Gasteiger partial charge is 0.461 e. The molecule has 1 aromatic carbocycles. The highest BCUT2D eigenvalue weighted by Gasteiger charge is 2.42. The van der Waals surface area contributed by atoms with Gasteiger partial charge in [0, 0.05) is 43.5 Å². The second-order valence-corrected chi connectivity index (χ2v) is 7.44. The van der Waals surface area contributed by atoms with Gasteiger partial charge in [-0.25, -0.2) is 14.8 Å². The molecule has 1 aliphatic heterocycles. The summed E-state index contributed by atoms with van der Waals surface area (Å²) >= 11 is 0. The lowest BCUT2D eigenvalue weighted by atomic mass is 10.0. The summed E-state index contributed by atoms with van der Waals surface area (Å²) < 4.78 is 5.11. The maximum absolute atomic E-state index is 12.4. The third kappa shape index (κ3) is 4.71. The first-order valence-corrected chi connectivity index (χ1v) is 10.3. The maximum Gasteiger partial charge on any atom is 0.357 e. The normalized spacial score (nSPS) is 17.4. The van der Waals surface area contributed by atoms with Gasteiger partial charge in [-0.15, -0.1) is 0 Å². The first-order chi connectivity index (χ1) is 15.9. The molecule has 33 heavy (non-hydrogen) atoms. The molecule has 1 amide bonds. The molecular formula is C24H21N5O4. The average Bonchev–Trinajstić information content (AvgIpc) is 3.11. The number of esters is 1. The second-order valence-electron chi connectivity index (χ2n) is 7.44. The molecule has 1 atom stereocenters. The molecule has 0 radical (unpaired) electrons. The van der Waals surface area contributed by atoms with Gasteiger partial charge in [-0.1, -0.05) is 24.0 Å². The maximum atomic E-state index is 12.4. The number of hydrogen-bond donors (Lipinski definition) is 1. The van der Waals surface area contributed by atoms with Crippen molar-refractivity contribution in [1.82, 2.24) is 24.8 Å². The first-order valence-electron chi connectivity index (χ1n) is 10.3. The van der Waals surface area contributed by atoms with Crippen LogP contribution in [0.1, 0.15) is 29.4 Å². The van der Waals surface area contributed by atoms with Gasteiger partial charge in [0.05, 0.1) is 18.5 Å². The Hall–Kier alpha value is -4.16. The molecule has 166 valence electrons. The van der Waals surface area contributed by atoms with Gasteiger partial charge in [-0.05, 0) is 25.1 Å². The van der Waals surface area contributed by atoms with Crippen molar-refractivity contribution >= 4 is 11.9 Å². The summed E-state index contributed by atoms with van der Waals surface area (Å²) in [6, 6.07) is 8.52. The minimum atomic E-state index is -1.69. The van der Waals surface area contributed by atoms with Crippen LogP contribution in [0.2, 0.25) is 0 Å². The van der Waals surface area contributed by atoms with Crippen molar-refractivity contribution in [2.45, 2.75) is 18.9 Å². The lowest BCUT2D eigenvalue weighted by Gasteiger charge is -2.13. The number of ether oxygens (including phenoxy) is 1. The number of aromatic nitrogens is 4. The highest BCUT2D eigenvalue weighted by atomic mass is 16.5. The summed E-state index contributed by atoms with van der Waals surface area (Å²) in [6.45, 7) is 2.37. The number of likely N-dealkylation sites (N-methyl/N-ethyl adjacent to an activating group) is 1. The van der Waals surface area contributed by atoms with E-state index in [4.69, 9.17) is 4.74 Å². The molecule has 3 heterocycles. The van der Waals surface area contributed by atoms with Crippen LogP contribution >= 0.6 is 0 Å². The molecule has 1 unspecified atom stereocenters. The quantitative estimate of drug-likeness (QED) is 0.478. The number of carbonyl (C=O) groups excluding carboxylic acids is 2. The van der Waals surface area contributed by atoms with Crippen molar-refractivity contribution in [3.63, 3.8) is 0 Å². The van der Waals surface area contributed by atoms with Crippen LogP contribution in [0, 0.1) is 11.8 Å². The lowest BCUT2D eigenvalue weighted by Crippen LogP contribution is -2.37. The second kappa shape index (κ2) is 9.14. The van der Waals surface area contributed by atoms with Gasteiger partial charge in [-0.3, -0.25) is 14.8 Å². The molecule has 1 fully saturated rings. The van der Waals surface area contributed by atoms with Crippen molar-refractivity contribution in [3.8, 4) is 34.6 Å². The Labute approximate surface area is 190 Å². The summed E-state index contributed by atoms with van der Waals surface area (Å²) in [4.78, 5) is 43.2. The third-order valence-corrected chi connectivity index (χ3v) is 5.08. The van der Waals surface area contributed by atoms with Crippen LogP contribution < -0.4 is 0 Å². The molecular weight excluding hydrogens is 422 g/mol. The van der Waals surface area contributed by atoms with E-state index in [0.29, 0.717) is 29.1 Å². The Morgan fingerprint density at radius 3 is 2.79 bits per heavy atom. The fourth-order valence-corrected chi connectivity index (χ4v) is 3.33. The van der Waals surface area contributed by atoms with Crippen LogP contribution in [0.5, 0.6) is 0 Å². The van der Waals surface area contributed by atoms with Crippen molar-refractivity contribution in [2.24, 2.45) is 0 Å². The summed E-state index contributed by atoms with van der Waals surface area (Å²) in [5.41, 5.74) is 0.460. The smallest absolute Gasteiger partial charge is 0.357 e. The SMILES string of the molecule is CCOC(=O)c1cc(-c2cnccn2)nc(-c2cccc(C#CC3(O)CCN(C)C3=O)c2)n1. The highest BCUT2D eigenvalue weighted by Crippen LogP contribution is 2.23. The van der Waals surface area contributed by atoms with E-state index in [1.165, 1.54) is 17.2 Å². The fourth-order valence-electron chi connectivity index (χ4n) is 3.33. The summed E-state index contributed by atoms with van der Waals surface area (Å²) in [5, 5.41) is 10.5. The van der Waals surface area contributed by atoms with Gasteiger partial charge < -0.3 is 14.7 Å². The highest BCUT2D eigenvalue weighted by molar-refractivity contribution is 5.90. The molecule has 0 spiro atoms. The van der Waals surface area contributed by atoms with Crippen LogP contribution in [-0.4, -0.2) is 67.6 Å². The van der Waals surface area contributed by atoms with E-state index in [0.717, 1.165) is 0 Å². The van der Waals surface area contributed by atoms with E-state index in [-0.39, 0.29) is 24.5 Å². The van der Waals surface area contributed by atoms with Gasteiger partial charge in [0.15, 0.2) is 11.5 Å². The Kier molecular flexibility index (Phi) is 6.11. The van der Waals surface area contributed by atoms with Gasteiger partial charge >= 0.3 is 5.97 Å². The molecule has 9 nitrogen and oxygen atoms in total. The zero-order valence-electron chi connectivity index (χ0n) is 18.1. The minimum Gasteiger partial charge on any atom is -0.461 e. The molecule has 9 heteroatoms. The summed E-state index contributed by atoms with van der Waals surface area (Å²) in [6.07, 6.45) is 4.87. The van der Waals surface area contributed by atoms with E-state index >= 15 is 0 Å². The monoisotopic (exact) mass is 443 g/mol. The molecule has 0 aliphatic carbocycles. The number of benzene rings is 1. The molecule has 3 aromatic rings. The van der Waals surface area contributed by atoms with Crippen LogP contribution in [-0.2, 0) is 9.53 Å². The molecule has 0 saturated carbocycles. The van der Waals surface area contributed by atoms with E-state index in [2.05, 4.69) is 31.8 Å². The van der Waals surface area contributed by atoms with Gasteiger partial charge in [0.1, 0.15) is 5.69 Å². The molecule has 4 rings (SSSR count). The van der Waals surface area contributed by atoms with Crippen LogP contribution in [0.15, 0.2) is 48.9 Å². The Morgan fingerprint density at radius 1 is 1.24 bits per heavy atom. The predicted molar refractivity (Wildman–Crippen MR) is 119 cm³/mol. The molecule has 1 N–H and O–H groups in total. The minimum absolute atomic E-state index is 0.0906. The molecule has 1 aliphatic rings. The van der Waals surface area contributed by atoms with Gasteiger partial charge in [0.25, 0.3) is 5.91 Å². The Morgan fingerprint density at radius 2 is 2.09 bits per heavy atom. The molecule has 2 aromatic heterocycles. The van der Waals surface area contributed by atoms with E-state index in [1.807, 2.05) is 0 Å². The van der Waals surface area contributed by atoms with Crippen LogP contribution in [0.3, 0.4) is 0 Å². The van der Waals surface area contributed by atoms with Crippen LogP contribution in [0.4, 0.5) is 0 Å². The Balaban J connectivity index is 1.73. The zero-order chi connectivity index (χ0) is 23.4. The summed E-state index contributed by atoms with van der Waals surface area (Å²) in [5.74, 6) is 4.86. The van der Waals surface area contributed by atoms with E-state index < -0.39 is 17.5 Å². The van der Waals surface area contributed by atoms with Gasteiger partial charge in [0.2, 0.25) is 5.60 Å². The van der Waals surface area contributed by atoms with Gasteiger partial charge in [-0.2, -0.15) is 0 Å². The zero-order valence-corrected chi connectivity index (χ0v) is 18.1. The van der Waals surface area contributed by atoms with Crippen molar-refractivity contribution in [3.05, 3.63) is 60.2 Å². The Bertz CT molecular complexity index is 1270. The summed E-state index contributed by atoms with van der Waals surface area (Å²) in [7, 11) is 1.63. The third-order valence-electron chi connectivity index (χ3n) is 5.08. The fraction of sp³-hybridized carbons (Fsp3) is 0.250. The topological polar surface area (TPSA) is 118 Å². The standard InChI is InChI=1S/C24H21N5O4/c1-3-33-22(30)19-14-18(20-15-25-10-11-26-20)27-21(28-19)17-6-4-5-16(13-17)7-8-24(32)9-12-29(2)23(24)31/h4-6,10-11,13-15,32H,3,9,12H2,1-2H3. The van der Waals surface area contributed by atoms with Crippen molar-refractivity contribution in [2.75, 3.05) is 20.2 Å². The molecule has 1 saturated heterocycles. The number of amides is 1. The number of aliphatic hydroxyl groups is 1. The lowest BCUT2D eigenvalue weighted by molar-refractivity contribution is -0.137. The van der Waals surface area contributed by atoms with E-state index in [1.54, 1.807) is 50.6 Å². The predicted octanol–water partition coefficient (Wildman–Crippen LogP) is 1.72. The van der Waals surface area contributed by atoms with E-state index in [9.17, 15) is 14.7 Å².